The summed E-state index contributed by atoms with van der Waals surface area (Å²) in [5, 5.41) is 9.22. The minimum atomic E-state index is -0.308. The summed E-state index contributed by atoms with van der Waals surface area (Å²) in [4.78, 5) is 32.4. The number of carbonyl (C=O) groups is 1. The number of aryl methyl sites for hydroxylation is 1. The standard InChI is InChI=1S/C27H23ClN6O2/c1-17-21-4-2-3-5-22(21)27(36)34(31-17)16-26(35)29-19-7-9-20(10-8-19)32-12-13-33-24-11-6-18(28)14-23(24)30-25(33)15-32/h2-11,14H,12-13,15-16H2,1H3,(H,29,35). The first kappa shape index (κ1) is 22.3. The number of hydrogen-bond acceptors (Lipinski definition) is 5. The second kappa shape index (κ2) is 8.80. The molecule has 1 amide bonds. The number of nitrogens with one attached hydrogen (secondary N) is 1. The Balaban J connectivity index is 1.15. The molecular weight excluding hydrogens is 476 g/mol. The van der Waals surface area contributed by atoms with Gasteiger partial charge >= 0.3 is 0 Å². The van der Waals surface area contributed by atoms with Crippen molar-refractivity contribution in [2.75, 3.05) is 16.8 Å². The summed E-state index contributed by atoms with van der Waals surface area (Å²) >= 11 is 6.13. The van der Waals surface area contributed by atoms with Crippen LogP contribution in [0.25, 0.3) is 21.8 Å². The predicted molar refractivity (Wildman–Crippen MR) is 142 cm³/mol. The van der Waals surface area contributed by atoms with Gasteiger partial charge in [0.05, 0.1) is 28.7 Å². The maximum atomic E-state index is 12.8. The number of imidazole rings is 1. The van der Waals surface area contributed by atoms with Crippen LogP contribution in [-0.4, -0.2) is 31.8 Å². The van der Waals surface area contributed by atoms with Crippen LogP contribution in [0.3, 0.4) is 0 Å². The molecule has 36 heavy (non-hydrogen) atoms. The topological polar surface area (TPSA) is 85.1 Å². The van der Waals surface area contributed by atoms with Crippen LogP contribution in [0.1, 0.15) is 11.5 Å². The Kier molecular flexibility index (Phi) is 5.45. The second-order valence-corrected chi connectivity index (χ2v) is 9.36. The summed E-state index contributed by atoms with van der Waals surface area (Å²) in [6.45, 7) is 4.05. The summed E-state index contributed by atoms with van der Waals surface area (Å²) in [6, 6.07) is 20.8. The Labute approximate surface area is 211 Å². The van der Waals surface area contributed by atoms with E-state index in [9.17, 15) is 9.59 Å². The van der Waals surface area contributed by atoms with Gasteiger partial charge in [-0.2, -0.15) is 5.10 Å². The van der Waals surface area contributed by atoms with Crippen molar-refractivity contribution in [1.82, 2.24) is 19.3 Å². The molecule has 6 rings (SSSR count). The maximum absolute atomic E-state index is 12.8. The Morgan fingerprint density at radius 1 is 1.03 bits per heavy atom. The molecule has 0 aliphatic carbocycles. The fourth-order valence-corrected chi connectivity index (χ4v) is 4.98. The molecule has 0 bridgehead atoms. The molecule has 3 aromatic carbocycles. The average Bonchev–Trinajstić information content (AvgIpc) is 3.24. The van der Waals surface area contributed by atoms with Gasteiger partial charge in [-0.3, -0.25) is 9.59 Å². The van der Waals surface area contributed by atoms with Crippen LogP contribution in [0.5, 0.6) is 0 Å². The van der Waals surface area contributed by atoms with E-state index in [0.29, 0.717) is 28.3 Å². The van der Waals surface area contributed by atoms with Gasteiger partial charge in [0, 0.05) is 34.9 Å². The molecule has 2 aromatic heterocycles. The van der Waals surface area contributed by atoms with Gasteiger partial charge in [0.2, 0.25) is 5.91 Å². The van der Waals surface area contributed by atoms with Gasteiger partial charge in [0.1, 0.15) is 12.4 Å². The zero-order valence-electron chi connectivity index (χ0n) is 19.6. The normalized spacial score (nSPS) is 13.2. The lowest BCUT2D eigenvalue weighted by atomic mass is 10.1. The SMILES string of the molecule is Cc1nn(CC(=O)Nc2ccc(N3CCn4c(nc5cc(Cl)ccc54)C3)cc2)c(=O)c2ccccc12. The van der Waals surface area contributed by atoms with E-state index in [1.165, 1.54) is 4.68 Å². The van der Waals surface area contributed by atoms with Crippen molar-refractivity contribution in [1.29, 1.82) is 0 Å². The van der Waals surface area contributed by atoms with Crippen LogP contribution in [0.15, 0.2) is 71.5 Å². The Morgan fingerprint density at radius 3 is 2.61 bits per heavy atom. The second-order valence-electron chi connectivity index (χ2n) is 8.92. The molecule has 1 N–H and O–H groups in total. The van der Waals surface area contributed by atoms with E-state index >= 15 is 0 Å². The lowest BCUT2D eigenvalue weighted by Gasteiger charge is -2.30. The molecule has 0 spiro atoms. The molecule has 9 heteroatoms. The molecular formula is C27H23ClN6O2. The summed E-state index contributed by atoms with van der Waals surface area (Å²) in [5.41, 5.74) is 4.15. The van der Waals surface area contributed by atoms with Gasteiger partial charge in [-0.05, 0) is 55.5 Å². The van der Waals surface area contributed by atoms with Crippen molar-refractivity contribution in [3.05, 3.63) is 93.6 Å². The van der Waals surface area contributed by atoms with E-state index in [0.717, 1.165) is 41.0 Å². The van der Waals surface area contributed by atoms with Crippen molar-refractivity contribution in [3.8, 4) is 0 Å². The van der Waals surface area contributed by atoms with E-state index in [1.807, 2.05) is 67.6 Å². The Hall–Kier alpha value is -4.17. The van der Waals surface area contributed by atoms with E-state index in [2.05, 4.69) is 19.9 Å². The molecule has 180 valence electrons. The van der Waals surface area contributed by atoms with Crippen LogP contribution in [0, 0.1) is 6.92 Å². The number of carbonyl (C=O) groups excluding carboxylic acids is 1. The fraction of sp³-hybridized carbons (Fsp3) is 0.185. The number of benzene rings is 3. The zero-order valence-corrected chi connectivity index (χ0v) is 20.4. The minimum Gasteiger partial charge on any atom is -0.362 e. The van der Waals surface area contributed by atoms with Gasteiger partial charge in [-0.25, -0.2) is 9.67 Å². The van der Waals surface area contributed by atoms with Crippen LogP contribution < -0.4 is 15.8 Å². The Morgan fingerprint density at radius 2 is 1.81 bits per heavy atom. The van der Waals surface area contributed by atoms with Gasteiger partial charge < -0.3 is 14.8 Å². The third-order valence-corrected chi connectivity index (χ3v) is 6.81. The van der Waals surface area contributed by atoms with Crippen molar-refractivity contribution < 1.29 is 4.79 Å². The number of aromatic nitrogens is 4. The van der Waals surface area contributed by atoms with Crippen molar-refractivity contribution in [2.45, 2.75) is 26.6 Å². The number of amides is 1. The molecule has 8 nitrogen and oxygen atoms in total. The summed E-state index contributed by atoms with van der Waals surface area (Å²) < 4.78 is 3.45. The van der Waals surface area contributed by atoms with E-state index < -0.39 is 0 Å². The number of anilines is 2. The van der Waals surface area contributed by atoms with Crippen molar-refractivity contribution in [2.24, 2.45) is 0 Å². The maximum Gasteiger partial charge on any atom is 0.275 e. The first-order valence-corrected chi connectivity index (χ1v) is 12.1. The lowest BCUT2D eigenvalue weighted by Crippen LogP contribution is -2.33. The molecule has 3 heterocycles. The summed E-state index contributed by atoms with van der Waals surface area (Å²) in [6.07, 6.45) is 0. The number of nitrogens with zero attached hydrogens (tertiary/aromatic N) is 5. The smallest absolute Gasteiger partial charge is 0.275 e. The third kappa shape index (κ3) is 3.99. The number of fused-ring (bicyclic) bond motifs is 4. The minimum absolute atomic E-state index is 0.154. The highest BCUT2D eigenvalue weighted by Gasteiger charge is 2.20. The summed E-state index contributed by atoms with van der Waals surface area (Å²) in [5.74, 6) is 0.692. The molecule has 0 saturated heterocycles. The molecule has 0 atom stereocenters. The first-order chi connectivity index (χ1) is 17.5. The highest BCUT2D eigenvalue weighted by Crippen LogP contribution is 2.27. The van der Waals surface area contributed by atoms with Gasteiger partial charge in [-0.15, -0.1) is 0 Å². The molecule has 0 fully saturated rings. The monoisotopic (exact) mass is 498 g/mol. The first-order valence-electron chi connectivity index (χ1n) is 11.7. The number of rotatable bonds is 4. The molecule has 1 aliphatic rings. The van der Waals surface area contributed by atoms with Gasteiger partial charge in [0.15, 0.2) is 0 Å². The third-order valence-electron chi connectivity index (χ3n) is 6.58. The number of halogens is 1. The van der Waals surface area contributed by atoms with Gasteiger partial charge in [-0.1, -0.05) is 29.8 Å². The predicted octanol–water partition coefficient (Wildman–Crippen LogP) is 4.37. The van der Waals surface area contributed by atoms with Crippen LogP contribution in [0.4, 0.5) is 11.4 Å². The quantitative estimate of drug-likeness (QED) is 0.398. The molecule has 0 saturated carbocycles. The molecule has 1 aliphatic heterocycles. The summed E-state index contributed by atoms with van der Waals surface area (Å²) in [7, 11) is 0. The highest BCUT2D eigenvalue weighted by molar-refractivity contribution is 6.31. The average molecular weight is 499 g/mol. The van der Waals surface area contributed by atoms with Crippen molar-refractivity contribution in [3.63, 3.8) is 0 Å². The largest absolute Gasteiger partial charge is 0.362 e. The molecule has 5 aromatic rings. The van der Waals surface area contributed by atoms with Crippen LogP contribution >= 0.6 is 11.6 Å². The molecule has 0 radical (unpaired) electrons. The fourth-order valence-electron chi connectivity index (χ4n) is 4.82. The van der Waals surface area contributed by atoms with Crippen molar-refractivity contribution >= 4 is 50.7 Å². The van der Waals surface area contributed by atoms with E-state index in [1.54, 1.807) is 6.07 Å². The van der Waals surface area contributed by atoms with Gasteiger partial charge in [0.25, 0.3) is 5.56 Å². The van der Waals surface area contributed by atoms with Crippen LogP contribution in [0.2, 0.25) is 5.02 Å². The Bertz CT molecular complexity index is 1690. The van der Waals surface area contributed by atoms with E-state index in [-0.39, 0.29) is 18.0 Å². The molecule has 0 unspecified atom stereocenters. The highest BCUT2D eigenvalue weighted by atomic mass is 35.5. The lowest BCUT2D eigenvalue weighted by molar-refractivity contribution is -0.117. The van der Waals surface area contributed by atoms with E-state index in [4.69, 9.17) is 16.6 Å². The zero-order chi connectivity index (χ0) is 24.8. The number of hydrogen-bond donors (Lipinski definition) is 1. The van der Waals surface area contributed by atoms with Crippen LogP contribution in [-0.2, 0) is 24.4 Å².